The molecule has 3 fully saturated rings. The van der Waals surface area contributed by atoms with Crippen LogP contribution in [-0.4, -0.2) is 47.0 Å². The standard InChI is InChI=1S/C9H17NO2/c11-6-3-9(12)7-10-4-1-8(9)2-5-10/h8,11-12H,1-7H2. The Hall–Kier alpha value is -0.120. The summed E-state index contributed by atoms with van der Waals surface area (Å²) in [6.07, 6.45) is 2.77. The molecule has 2 bridgehead atoms. The van der Waals surface area contributed by atoms with E-state index in [0.717, 1.165) is 32.5 Å². The van der Waals surface area contributed by atoms with E-state index in [4.69, 9.17) is 5.11 Å². The molecule has 3 aliphatic rings. The number of hydrogen-bond donors (Lipinski definition) is 2. The first-order valence-electron chi connectivity index (χ1n) is 4.80. The highest BCUT2D eigenvalue weighted by atomic mass is 16.3. The van der Waals surface area contributed by atoms with Gasteiger partial charge in [0, 0.05) is 19.6 Å². The van der Waals surface area contributed by atoms with Crippen molar-refractivity contribution in [3.63, 3.8) is 0 Å². The Morgan fingerprint density at radius 3 is 2.42 bits per heavy atom. The fourth-order valence-corrected chi connectivity index (χ4v) is 2.62. The van der Waals surface area contributed by atoms with Crippen molar-refractivity contribution in [1.82, 2.24) is 4.90 Å². The van der Waals surface area contributed by atoms with Crippen LogP contribution in [-0.2, 0) is 0 Å². The zero-order valence-corrected chi connectivity index (χ0v) is 7.37. The summed E-state index contributed by atoms with van der Waals surface area (Å²) in [5.41, 5.74) is -0.578. The molecule has 3 aliphatic heterocycles. The van der Waals surface area contributed by atoms with Crippen molar-refractivity contribution in [2.24, 2.45) is 5.92 Å². The van der Waals surface area contributed by atoms with Gasteiger partial charge in [-0.1, -0.05) is 0 Å². The first-order chi connectivity index (χ1) is 5.74. The van der Waals surface area contributed by atoms with E-state index in [-0.39, 0.29) is 6.61 Å². The van der Waals surface area contributed by atoms with Crippen molar-refractivity contribution < 1.29 is 10.2 Å². The first kappa shape index (κ1) is 8.48. The number of piperidine rings is 3. The van der Waals surface area contributed by atoms with Crippen LogP contribution < -0.4 is 0 Å². The molecular formula is C9H17NO2. The van der Waals surface area contributed by atoms with E-state index >= 15 is 0 Å². The highest BCUT2D eigenvalue weighted by Crippen LogP contribution is 2.37. The Morgan fingerprint density at radius 2 is 2.00 bits per heavy atom. The van der Waals surface area contributed by atoms with Gasteiger partial charge in [0.1, 0.15) is 0 Å². The SMILES string of the molecule is OCCC1(O)CN2CCC1CC2. The second-order valence-corrected chi connectivity index (χ2v) is 4.13. The maximum atomic E-state index is 10.2. The second-order valence-electron chi connectivity index (χ2n) is 4.13. The fraction of sp³-hybridized carbons (Fsp3) is 1.00. The third-order valence-corrected chi connectivity index (χ3v) is 3.39. The van der Waals surface area contributed by atoms with Crippen LogP contribution in [0.1, 0.15) is 19.3 Å². The van der Waals surface area contributed by atoms with Crippen LogP contribution in [0.25, 0.3) is 0 Å². The lowest BCUT2D eigenvalue weighted by molar-refractivity contribution is -0.121. The third kappa shape index (κ3) is 1.26. The number of aliphatic hydroxyl groups excluding tert-OH is 1. The lowest BCUT2D eigenvalue weighted by atomic mass is 9.74. The summed E-state index contributed by atoms with van der Waals surface area (Å²) in [5.74, 6) is 0.439. The molecule has 1 unspecified atom stereocenters. The molecule has 0 aromatic heterocycles. The molecule has 2 N–H and O–H groups in total. The number of rotatable bonds is 2. The van der Waals surface area contributed by atoms with E-state index in [1.807, 2.05) is 0 Å². The van der Waals surface area contributed by atoms with Gasteiger partial charge >= 0.3 is 0 Å². The Morgan fingerprint density at radius 1 is 1.33 bits per heavy atom. The molecule has 0 amide bonds. The molecule has 1 atom stereocenters. The number of aliphatic hydroxyl groups is 2. The predicted molar refractivity (Wildman–Crippen MR) is 45.8 cm³/mol. The summed E-state index contributed by atoms with van der Waals surface area (Å²) in [6, 6.07) is 0. The van der Waals surface area contributed by atoms with Crippen LogP contribution in [0.4, 0.5) is 0 Å². The zero-order chi connectivity index (χ0) is 8.60. The number of nitrogens with zero attached hydrogens (tertiary/aromatic N) is 1. The van der Waals surface area contributed by atoms with E-state index in [1.165, 1.54) is 0 Å². The average molecular weight is 171 g/mol. The minimum absolute atomic E-state index is 0.112. The Labute approximate surface area is 73.0 Å². The summed E-state index contributed by atoms with van der Waals surface area (Å²) < 4.78 is 0. The normalized spacial score (nSPS) is 46.5. The van der Waals surface area contributed by atoms with Crippen LogP contribution in [0.3, 0.4) is 0 Å². The van der Waals surface area contributed by atoms with Crippen LogP contribution in [0.15, 0.2) is 0 Å². The Kier molecular flexibility index (Phi) is 2.10. The van der Waals surface area contributed by atoms with Gasteiger partial charge < -0.3 is 15.1 Å². The average Bonchev–Trinajstić information content (AvgIpc) is 2.05. The summed E-state index contributed by atoms with van der Waals surface area (Å²) in [6.45, 7) is 3.16. The molecule has 3 heterocycles. The molecule has 0 saturated carbocycles. The molecular weight excluding hydrogens is 154 g/mol. The van der Waals surface area contributed by atoms with Crippen molar-refractivity contribution >= 4 is 0 Å². The summed E-state index contributed by atoms with van der Waals surface area (Å²) in [7, 11) is 0. The van der Waals surface area contributed by atoms with E-state index in [0.29, 0.717) is 12.3 Å². The van der Waals surface area contributed by atoms with Crippen molar-refractivity contribution in [2.75, 3.05) is 26.2 Å². The minimum atomic E-state index is -0.578. The molecule has 0 radical (unpaired) electrons. The van der Waals surface area contributed by atoms with Crippen LogP contribution >= 0.6 is 0 Å². The van der Waals surface area contributed by atoms with Gasteiger partial charge in [0.2, 0.25) is 0 Å². The lowest BCUT2D eigenvalue weighted by Crippen LogP contribution is -2.59. The largest absolute Gasteiger partial charge is 0.396 e. The van der Waals surface area contributed by atoms with Crippen molar-refractivity contribution in [2.45, 2.75) is 24.9 Å². The molecule has 12 heavy (non-hydrogen) atoms. The number of fused-ring (bicyclic) bond motifs is 3. The zero-order valence-electron chi connectivity index (χ0n) is 7.37. The second kappa shape index (κ2) is 2.98. The molecule has 3 nitrogen and oxygen atoms in total. The van der Waals surface area contributed by atoms with E-state index < -0.39 is 5.60 Å². The fourth-order valence-electron chi connectivity index (χ4n) is 2.62. The molecule has 0 aromatic rings. The monoisotopic (exact) mass is 171 g/mol. The smallest absolute Gasteiger partial charge is 0.0824 e. The molecule has 70 valence electrons. The highest BCUT2D eigenvalue weighted by molar-refractivity contribution is 4.97. The minimum Gasteiger partial charge on any atom is -0.396 e. The lowest BCUT2D eigenvalue weighted by Gasteiger charge is -2.50. The molecule has 3 heteroatoms. The van der Waals surface area contributed by atoms with Crippen molar-refractivity contribution in [3.05, 3.63) is 0 Å². The summed E-state index contributed by atoms with van der Waals surface area (Å²) >= 11 is 0. The third-order valence-electron chi connectivity index (χ3n) is 3.39. The van der Waals surface area contributed by atoms with Gasteiger partial charge in [0.25, 0.3) is 0 Å². The van der Waals surface area contributed by atoms with Gasteiger partial charge in [-0.25, -0.2) is 0 Å². The Bertz CT molecular complexity index is 166. The Balaban J connectivity index is 2.06. The summed E-state index contributed by atoms with van der Waals surface area (Å²) in [4.78, 5) is 2.30. The van der Waals surface area contributed by atoms with E-state index in [9.17, 15) is 5.11 Å². The summed E-state index contributed by atoms with van der Waals surface area (Å²) in [5, 5.41) is 19.0. The maximum Gasteiger partial charge on any atom is 0.0824 e. The van der Waals surface area contributed by atoms with E-state index in [1.54, 1.807) is 0 Å². The topological polar surface area (TPSA) is 43.7 Å². The van der Waals surface area contributed by atoms with Crippen LogP contribution in [0.5, 0.6) is 0 Å². The van der Waals surface area contributed by atoms with Gasteiger partial charge in [-0.05, 0) is 31.8 Å². The predicted octanol–water partition coefficient (Wildman–Crippen LogP) is -0.175. The van der Waals surface area contributed by atoms with Gasteiger partial charge in [-0.2, -0.15) is 0 Å². The van der Waals surface area contributed by atoms with Crippen molar-refractivity contribution in [3.8, 4) is 0 Å². The molecule has 0 spiro atoms. The molecule has 3 rings (SSSR count). The number of hydrogen-bond acceptors (Lipinski definition) is 3. The van der Waals surface area contributed by atoms with Gasteiger partial charge in [-0.15, -0.1) is 0 Å². The first-order valence-corrected chi connectivity index (χ1v) is 4.80. The molecule has 0 aromatic carbocycles. The van der Waals surface area contributed by atoms with Crippen LogP contribution in [0, 0.1) is 5.92 Å². The highest BCUT2D eigenvalue weighted by Gasteiger charge is 2.44. The van der Waals surface area contributed by atoms with Gasteiger partial charge in [0.05, 0.1) is 5.60 Å². The van der Waals surface area contributed by atoms with Crippen molar-refractivity contribution in [1.29, 1.82) is 0 Å². The maximum absolute atomic E-state index is 10.2. The van der Waals surface area contributed by atoms with Gasteiger partial charge in [-0.3, -0.25) is 0 Å². The van der Waals surface area contributed by atoms with Crippen LogP contribution in [0.2, 0.25) is 0 Å². The quantitative estimate of drug-likeness (QED) is 0.606. The molecule has 0 aliphatic carbocycles. The molecule has 3 saturated heterocycles. The van der Waals surface area contributed by atoms with Gasteiger partial charge in [0.15, 0.2) is 0 Å². The van der Waals surface area contributed by atoms with E-state index in [2.05, 4.69) is 4.90 Å².